The number of anilines is 1. The Hall–Kier alpha value is -2.30. The number of rotatable bonds is 3. The molecule has 1 aromatic heterocycles. The van der Waals surface area contributed by atoms with Crippen LogP contribution < -0.4 is 16.2 Å². The summed E-state index contributed by atoms with van der Waals surface area (Å²) in [7, 11) is 0. The van der Waals surface area contributed by atoms with E-state index in [4.69, 9.17) is 10.5 Å². The first-order chi connectivity index (χ1) is 8.13. The second kappa shape index (κ2) is 4.69. The number of nitrogens with zero attached hydrogens (tertiary/aromatic N) is 1. The smallest absolute Gasteiger partial charge is 0.345 e. The molecule has 0 atom stereocenters. The fourth-order valence-corrected chi connectivity index (χ4v) is 1.48. The molecular weight excluding hydrogens is 218 g/mol. The van der Waals surface area contributed by atoms with Gasteiger partial charge in [-0.05, 0) is 25.1 Å². The lowest BCUT2D eigenvalue weighted by molar-refractivity contribution is 0.300. The minimum Gasteiger partial charge on any atom is -0.487 e. The lowest BCUT2D eigenvalue weighted by Crippen LogP contribution is -2.15. The molecule has 0 aliphatic rings. The van der Waals surface area contributed by atoms with Crippen LogP contribution in [-0.4, -0.2) is 9.97 Å². The molecular formula is C12H13N3O2. The number of hydrogen-bond donors (Lipinski definition) is 2. The van der Waals surface area contributed by atoms with Gasteiger partial charge in [-0.25, -0.2) is 4.79 Å². The molecule has 0 spiro atoms. The maximum atomic E-state index is 11.1. The van der Waals surface area contributed by atoms with E-state index in [-0.39, 0.29) is 12.3 Å². The van der Waals surface area contributed by atoms with Crippen LogP contribution in [0.1, 0.15) is 11.4 Å². The van der Waals surface area contributed by atoms with Gasteiger partial charge >= 0.3 is 5.69 Å². The van der Waals surface area contributed by atoms with Crippen molar-refractivity contribution in [2.75, 3.05) is 5.73 Å². The molecule has 0 radical (unpaired) electrons. The molecule has 1 aromatic carbocycles. The normalized spacial score (nSPS) is 10.2. The second-order valence-electron chi connectivity index (χ2n) is 3.72. The molecule has 5 heteroatoms. The molecule has 2 rings (SSSR count). The molecule has 0 aliphatic heterocycles. The van der Waals surface area contributed by atoms with Crippen molar-refractivity contribution >= 4 is 5.69 Å². The summed E-state index contributed by atoms with van der Waals surface area (Å²) in [5.74, 6) is 0.657. The lowest BCUT2D eigenvalue weighted by Gasteiger charge is -2.06. The summed E-state index contributed by atoms with van der Waals surface area (Å²) in [6.07, 6.45) is 0. The Bertz CT molecular complexity index is 578. The van der Waals surface area contributed by atoms with Crippen molar-refractivity contribution in [2.24, 2.45) is 0 Å². The van der Waals surface area contributed by atoms with Gasteiger partial charge in [0.25, 0.3) is 0 Å². The van der Waals surface area contributed by atoms with E-state index in [1.165, 1.54) is 0 Å². The molecule has 3 N–H and O–H groups in total. The quantitative estimate of drug-likeness (QED) is 0.779. The molecule has 0 amide bonds. The zero-order valence-corrected chi connectivity index (χ0v) is 9.43. The summed E-state index contributed by atoms with van der Waals surface area (Å²) >= 11 is 0. The fraction of sp³-hybridized carbons (Fsp3) is 0.167. The zero-order chi connectivity index (χ0) is 12.3. The standard InChI is InChI=1S/C12H13N3O2/c1-8-5-10(15-12(16)14-8)7-17-11-4-2-3-9(13)6-11/h2-6H,7,13H2,1H3,(H,14,15,16). The highest BCUT2D eigenvalue weighted by Crippen LogP contribution is 2.15. The average Bonchev–Trinajstić information content (AvgIpc) is 2.25. The summed E-state index contributed by atoms with van der Waals surface area (Å²) in [4.78, 5) is 17.5. The van der Waals surface area contributed by atoms with Gasteiger partial charge in [0, 0.05) is 17.4 Å². The monoisotopic (exact) mass is 231 g/mol. The van der Waals surface area contributed by atoms with Crippen LogP contribution >= 0.6 is 0 Å². The van der Waals surface area contributed by atoms with E-state index < -0.39 is 0 Å². The summed E-state index contributed by atoms with van der Waals surface area (Å²) in [6.45, 7) is 2.04. The molecule has 17 heavy (non-hydrogen) atoms. The van der Waals surface area contributed by atoms with Crippen molar-refractivity contribution in [3.05, 3.63) is 52.2 Å². The van der Waals surface area contributed by atoms with E-state index in [1.807, 2.05) is 0 Å². The molecule has 1 heterocycles. The molecule has 88 valence electrons. The SMILES string of the molecule is Cc1cc(COc2cccc(N)c2)nc(=O)[nH]1. The number of aromatic nitrogens is 2. The highest BCUT2D eigenvalue weighted by Gasteiger charge is 2.00. The van der Waals surface area contributed by atoms with E-state index in [0.717, 1.165) is 5.69 Å². The number of benzene rings is 1. The summed E-state index contributed by atoms with van der Waals surface area (Å²) in [6, 6.07) is 8.88. The molecule has 5 nitrogen and oxygen atoms in total. The lowest BCUT2D eigenvalue weighted by atomic mass is 10.3. The summed E-state index contributed by atoms with van der Waals surface area (Å²) in [5.41, 5.74) is 7.25. The van der Waals surface area contributed by atoms with Crippen molar-refractivity contribution in [3.63, 3.8) is 0 Å². The zero-order valence-electron chi connectivity index (χ0n) is 9.43. The Morgan fingerprint density at radius 1 is 1.41 bits per heavy atom. The van der Waals surface area contributed by atoms with Gasteiger partial charge in [-0.2, -0.15) is 4.98 Å². The van der Waals surface area contributed by atoms with Crippen molar-refractivity contribution in [1.29, 1.82) is 0 Å². The molecule has 0 fully saturated rings. The van der Waals surface area contributed by atoms with Crippen LogP contribution in [0.5, 0.6) is 5.75 Å². The van der Waals surface area contributed by atoms with Gasteiger partial charge < -0.3 is 15.5 Å². The average molecular weight is 231 g/mol. The van der Waals surface area contributed by atoms with Crippen LogP contribution in [0.2, 0.25) is 0 Å². The van der Waals surface area contributed by atoms with Crippen molar-refractivity contribution < 1.29 is 4.74 Å². The van der Waals surface area contributed by atoms with Crippen molar-refractivity contribution in [2.45, 2.75) is 13.5 Å². The predicted molar refractivity (Wildman–Crippen MR) is 64.8 cm³/mol. The summed E-state index contributed by atoms with van der Waals surface area (Å²) in [5, 5.41) is 0. The van der Waals surface area contributed by atoms with Crippen LogP contribution in [0.3, 0.4) is 0 Å². The van der Waals surface area contributed by atoms with Crippen LogP contribution in [0.25, 0.3) is 0 Å². The number of nitrogens with two attached hydrogens (primary N) is 1. The largest absolute Gasteiger partial charge is 0.487 e. The van der Waals surface area contributed by atoms with Crippen LogP contribution in [0.15, 0.2) is 35.1 Å². The first-order valence-electron chi connectivity index (χ1n) is 5.19. The fourth-order valence-electron chi connectivity index (χ4n) is 1.48. The van der Waals surface area contributed by atoms with Crippen LogP contribution in [0, 0.1) is 6.92 Å². The van der Waals surface area contributed by atoms with Gasteiger partial charge in [0.15, 0.2) is 0 Å². The molecule has 2 aromatic rings. The van der Waals surface area contributed by atoms with Gasteiger partial charge in [0.2, 0.25) is 0 Å². The van der Waals surface area contributed by atoms with Crippen molar-refractivity contribution in [3.8, 4) is 5.75 Å². The van der Waals surface area contributed by atoms with Gasteiger partial charge in [0.1, 0.15) is 12.4 Å². The third-order valence-corrected chi connectivity index (χ3v) is 2.18. The van der Waals surface area contributed by atoms with E-state index in [1.54, 1.807) is 37.3 Å². The third kappa shape index (κ3) is 3.07. The first kappa shape index (κ1) is 11.2. The maximum absolute atomic E-state index is 11.1. The van der Waals surface area contributed by atoms with E-state index >= 15 is 0 Å². The van der Waals surface area contributed by atoms with Gasteiger partial charge in [0.05, 0.1) is 5.69 Å². The van der Waals surface area contributed by atoms with E-state index in [0.29, 0.717) is 17.1 Å². The van der Waals surface area contributed by atoms with Crippen LogP contribution in [0.4, 0.5) is 5.69 Å². The van der Waals surface area contributed by atoms with Gasteiger partial charge in [-0.15, -0.1) is 0 Å². The van der Waals surface area contributed by atoms with E-state index in [2.05, 4.69) is 9.97 Å². The minimum absolute atomic E-state index is 0.244. The molecule has 0 saturated carbocycles. The maximum Gasteiger partial charge on any atom is 0.345 e. The molecule has 0 bridgehead atoms. The third-order valence-electron chi connectivity index (χ3n) is 2.18. The predicted octanol–water partition coefficient (Wildman–Crippen LogP) is 1.24. The number of hydrogen-bond acceptors (Lipinski definition) is 4. The minimum atomic E-state index is -0.365. The molecule has 0 unspecified atom stereocenters. The Labute approximate surface area is 98.3 Å². The number of H-pyrrole nitrogens is 1. The van der Waals surface area contributed by atoms with Gasteiger partial charge in [-0.3, -0.25) is 0 Å². The molecule has 0 aliphatic carbocycles. The van der Waals surface area contributed by atoms with Crippen molar-refractivity contribution in [1.82, 2.24) is 9.97 Å². The number of aromatic amines is 1. The number of aryl methyl sites for hydroxylation is 1. The van der Waals surface area contributed by atoms with E-state index in [9.17, 15) is 4.79 Å². The van der Waals surface area contributed by atoms with Crippen LogP contribution in [-0.2, 0) is 6.61 Å². The Morgan fingerprint density at radius 2 is 2.24 bits per heavy atom. The number of nitrogen functional groups attached to an aromatic ring is 1. The topological polar surface area (TPSA) is 81.0 Å². The second-order valence-corrected chi connectivity index (χ2v) is 3.72. The number of nitrogens with one attached hydrogen (secondary N) is 1. The van der Waals surface area contributed by atoms with Gasteiger partial charge in [-0.1, -0.05) is 6.07 Å². The Morgan fingerprint density at radius 3 is 2.94 bits per heavy atom. The highest BCUT2D eigenvalue weighted by atomic mass is 16.5. The molecule has 0 saturated heterocycles. The Balaban J connectivity index is 2.09. The summed E-state index contributed by atoms with van der Waals surface area (Å²) < 4.78 is 5.49. The highest BCUT2D eigenvalue weighted by molar-refractivity contribution is 5.43. The first-order valence-corrected chi connectivity index (χ1v) is 5.19. The Kier molecular flexibility index (Phi) is 3.09. The number of ether oxygens (including phenoxy) is 1.